The minimum Gasteiger partial charge on any atom is -0.261 e. The first kappa shape index (κ1) is 11.4. The molecule has 1 aliphatic heterocycles. The molecule has 2 aliphatic rings. The number of nitrogens with one attached hydrogen (secondary N) is 1. The zero-order valence-electron chi connectivity index (χ0n) is 8.25. The summed E-state index contributed by atoms with van der Waals surface area (Å²) in [5, 5.41) is 5.69. The Morgan fingerprint density at radius 2 is 2.07 bits per heavy atom. The Hall–Kier alpha value is -0.0600. The van der Waals surface area contributed by atoms with Gasteiger partial charge in [-0.2, -0.15) is 0 Å². The summed E-state index contributed by atoms with van der Waals surface area (Å²) in [7, 11) is 0. The molecule has 6 heteroatoms. The molecule has 15 heavy (non-hydrogen) atoms. The van der Waals surface area contributed by atoms with Gasteiger partial charge in [-0.05, 0) is 24.8 Å². The highest BCUT2D eigenvalue weighted by Crippen LogP contribution is 2.31. The molecule has 0 atom stereocenters. The molecule has 1 heterocycles. The molecule has 1 saturated carbocycles. The van der Waals surface area contributed by atoms with Crippen molar-refractivity contribution >= 4 is 40.3 Å². The molecule has 0 aromatic rings. The van der Waals surface area contributed by atoms with Crippen molar-refractivity contribution in [1.29, 1.82) is 0 Å². The maximum atomic E-state index is 5.85. The Labute approximate surface area is 104 Å². The first-order valence-corrected chi connectivity index (χ1v) is 6.68. The van der Waals surface area contributed by atoms with Crippen LogP contribution in [-0.2, 0) is 0 Å². The number of hydrogen-bond acceptors (Lipinski definition) is 4. The van der Waals surface area contributed by atoms with Crippen LogP contribution in [0.3, 0.4) is 0 Å². The van der Waals surface area contributed by atoms with Gasteiger partial charge in [0.25, 0.3) is 0 Å². The molecular weight excluding hydrogens is 253 g/mol. The van der Waals surface area contributed by atoms with Crippen molar-refractivity contribution in [3.63, 3.8) is 0 Å². The number of hydrazine groups is 1. The second kappa shape index (κ2) is 5.32. The second-order valence-electron chi connectivity index (χ2n) is 3.67. The van der Waals surface area contributed by atoms with Gasteiger partial charge in [0.15, 0.2) is 5.17 Å². The van der Waals surface area contributed by atoms with Gasteiger partial charge in [0.05, 0.1) is 0 Å². The third-order valence-corrected chi connectivity index (χ3v) is 3.96. The summed E-state index contributed by atoms with van der Waals surface area (Å²) in [6.07, 6.45) is 8.07. The van der Waals surface area contributed by atoms with E-state index in [9.17, 15) is 0 Å². The van der Waals surface area contributed by atoms with Crippen LogP contribution in [0.25, 0.3) is 0 Å². The average molecular weight is 266 g/mol. The summed E-state index contributed by atoms with van der Waals surface area (Å²) >= 11 is 13.3. The Bertz CT molecular complexity index is 287. The number of hydrazone groups is 1. The molecule has 0 bridgehead atoms. The Kier molecular flexibility index (Phi) is 4.05. The molecule has 0 saturated heterocycles. The zero-order chi connectivity index (χ0) is 10.7. The summed E-state index contributed by atoms with van der Waals surface area (Å²) in [6.45, 7) is 0. The van der Waals surface area contributed by atoms with Crippen LogP contribution < -0.4 is 5.43 Å². The highest BCUT2D eigenvalue weighted by molar-refractivity contribution is 7.97. The summed E-state index contributed by atoms with van der Waals surface area (Å²) in [5.41, 5.74) is 2.94. The number of halogens is 2. The molecule has 0 amide bonds. The number of nitrogens with zero attached hydrogens (tertiary/aromatic N) is 2. The summed E-state index contributed by atoms with van der Waals surface area (Å²) in [4.78, 5) is 0. The minimum absolute atomic E-state index is 0.419. The van der Waals surface area contributed by atoms with Crippen molar-refractivity contribution in [1.82, 2.24) is 9.95 Å². The van der Waals surface area contributed by atoms with Crippen molar-refractivity contribution in [2.45, 2.75) is 37.4 Å². The minimum atomic E-state index is 0.419. The van der Waals surface area contributed by atoms with Crippen molar-refractivity contribution < 1.29 is 0 Å². The third-order valence-electron chi connectivity index (χ3n) is 2.44. The average Bonchev–Trinajstić information content (AvgIpc) is 2.17. The predicted octanol–water partition coefficient (Wildman–Crippen LogP) is 3.42. The fourth-order valence-corrected chi connectivity index (χ4v) is 3.36. The van der Waals surface area contributed by atoms with Gasteiger partial charge in [-0.15, -0.1) is 9.62 Å². The van der Waals surface area contributed by atoms with Crippen LogP contribution in [0.2, 0.25) is 0 Å². The van der Waals surface area contributed by atoms with E-state index in [2.05, 4.69) is 10.5 Å². The van der Waals surface area contributed by atoms with Crippen LogP contribution in [0.4, 0.5) is 0 Å². The fraction of sp³-hybridized carbons (Fsp3) is 0.667. The quantitative estimate of drug-likeness (QED) is 0.613. The van der Waals surface area contributed by atoms with Crippen LogP contribution in [-0.4, -0.2) is 14.9 Å². The second-order valence-corrected chi connectivity index (χ2v) is 5.68. The van der Waals surface area contributed by atoms with E-state index in [1.54, 1.807) is 22.5 Å². The van der Waals surface area contributed by atoms with Crippen molar-refractivity contribution in [3.8, 4) is 0 Å². The first-order chi connectivity index (χ1) is 7.24. The molecule has 0 spiro atoms. The van der Waals surface area contributed by atoms with E-state index < -0.39 is 0 Å². The van der Waals surface area contributed by atoms with Gasteiger partial charge < -0.3 is 0 Å². The Balaban J connectivity index is 1.87. The highest BCUT2D eigenvalue weighted by atomic mass is 35.5. The van der Waals surface area contributed by atoms with Gasteiger partial charge in [-0.3, -0.25) is 5.43 Å². The van der Waals surface area contributed by atoms with Crippen LogP contribution in [0.5, 0.6) is 0 Å². The predicted molar refractivity (Wildman–Crippen MR) is 66.7 cm³/mol. The molecule has 0 unspecified atom stereocenters. The normalized spacial score (nSPS) is 23.2. The van der Waals surface area contributed by atoms with Crippen molar-refractivity contribution in [3.05, 3.63) is 11.2 Å². The van der Waals surface area contributed by atoms with Crippen molar-refractivity contribution in [2.24, 2.45) is 5.10 Å². The number of hydrogen-bond donors (Lipinski definition) is 1. The van der Waals surface area contributed by atoms with Crippen LogP contribution >= 0.6 is 35.1 Å². The van der Waals surface area contributed by atoms with Gasteiger partial charge in [0, 0.05) is 11.3 Å². The maximum absolute atomic E-state index is 5.85. The lowest BCUT2D eigenvalue weighted by Crippen LogP contribution is -2.31. The number of allylic oxidation sites excluding steroid dienone is 1. The Morgan fingerprint density at radius 3 is 2.73 bits per heavy atom. The third kappa shape index (κ3) is 3.47. The SMILES string of the molecule is ClC1=CC(Cl)=NN(SC2CCCCC2)N1. The van der Waals surface area contributed by atoms with Gasteiger partial charge in [0.1, 0.15) is 5.16 Å². The van der Waals surface area contributed by atoms with E-state index in [-0.39, 0.29) is 0 Å². The monoisotopic (exact) mass is 265 g/mol. The van der Waals surface area contributed by atoms with Crippen LogP contribution in [0.1, 0.15) is 32.1 Å². The van der Waals surface area contributed by atoms with Gasteiger partial charge >= 0.3 is 0 Å². The van der Waals surface area contributed by atoms with Gasteiger partial charge in [0.2, 0.25) is 0 Å². The van der Waals surface area contributed by atoms with Crippen LogP contribution in [0.15, 0.2) is 16.3 Å². The van der Waals surface area contributed by atoms with Gasteiger partial charge in [-0.25, -0.2) is 0 Å². The zero-order valence-corrected chi connectivity index (χ0v) is 10.6. The Morgan fingerprint density at radius 1 is 1.33 bits per heavy atom. The van der Waals surface area contributed by atoms with E-state index in [1.165, 1.54) is 32.1 Å². The number of rotatable bonds is 2. The first-order valence-electron chi connectivity index (χ1n) is 5.09. The molecule has 0 aromatic heterocycles. The van der Waals surface area contributed by atoms with Gasteiger partial charge in [-0.1, -0.05) is 42.5 Å². The van der Waals surface area contributed by atoms with E-state index in [4.69, 9.17) is 23.2 Å². The van der Waals surface area contributed by atoms with E-state index in [0.717, 1.165) is 0 Å². The largest absolute Gasteiger partial charge is 0.261 e. The molecule has 3 nitrogen and oxygen atoms in total. The lowest BCUT2D eigenvalue weighted by atomic mass is 10.0. The molecule has 84 valence electrons. The smallest absolute Gasteiger partial charge is 0.155 e. The molecule has 1 fully saturated rings. The molecule has 1 N–H and O–H groups in total. The summed E-state index contributed by atoms with van der Waals surface area (Å²) < 4.78 is 1.67. The topological polar surface area (TPSA) is 27.6 Å². The highest BCUT2D eigenvalue weighted by Gasteiger charge is 2.19. The van der Waals surface area contributed by atoms with Crippen molar-refractivity contribution in [2.75, 3.05) is 0 Å². The standard InChI is InChI=1S/C9H13Cl2N3S/c10-8-6-9(11)13-14(12-8)15-7-4-2-1-3-5-7/h6-7,12H,1-5H2. The molecular formula is C9H13Cl2N3S. The maximum Gasteiger partial charge on any atom is 0.155 e. The van der Waals surface area contributed by atoms with E-state index >= 15 is 0 Å². The molecule has 0 radical (unpaired) electrons. The summed E-state index contributed by atoms with van der Waals surface area (Å²) in [5.74, 6) is 0. The molecule has 2 rings (SSSR count). The van der Waals surface area contributed by atoms with Crippen LogP contribution in [0, 0.1) is 0 Å². The lowest BCUT2D eigenvalue weighted by molar-refractivity contribution is 0.411. The molecule has 1 aliphatic carbocycles. The van der Waals surface area contributed by atoms with E-state index in [0.29, 0.717) is 15.6 Å². The summed E-state index contributed by atoms with van der Waals surface area (Å²) in [6, 6.07) is 0. The van der Waals surface area contributed by atoms with E-state index in [1.807, 2.05) is 0 Å². The lowest BCUT2D eigenvalue weighted by Gasteiger charge is -2.28. The fourth-order valence-electron chi connectivity index (χ4n) is 1.73. The molecule has 0 aromatic carbocycles.